The van der Waals surface area contributed by atoms with Gasteiger partial charge in [-0.1, -0.05) is 38.1 Å². The fraction of sp³-hybridized carbons (Fsp3) is 0.462. The van der Waals surface area contributed by atoms with E-state index in [0.717, 1.165) is 5.56 Å². The second kappa shape index (κ2) is 5.66. The predicted octanol–water partition coefficient (Wildman–Crippen LogP) is 1.85. The highest BCUT2D eigenvalue weighted by Gasteiger charge is 2.14. The van der Waals surface area contributed by atoms with E-state index in [1.165, 1.54) is 12.7 Å². The lowest BCUT2D eigenvalue weighted by Crippen LogP contribution is -2.33. The zero-order valence-electron chi connectivity index (χ0n) is 10.1. The number of ether oxygens (including phenoxy) is 1. The van der Waals surface area contributed by atoms with Crippen LogP contribution < -0.4 is 5.73 Å². The summed E-state index contributed by atoms with van der Waals surface area (Å²) in [5.41, 5.74) is 8.04. The average molecular weight is 221 g/mol. The van der Waals surface area contributed by atoms with Crippen molar-refractivity contribution in [3.63, 3.8) is 0 Å². The van der Waals surface area contributed by atoms with Gasteiger partial charge in [0.1, 0.15) is 6.04 Å². The van der Waals surface area contributed by atoms with Crippen molar-refractivity contribution < 1.29 is 9.53 Å². The van der Waals surface area contributed by atoms with Crippen molar-refractivity contribution in [1.82, 2.24) is 0 Å². The molecule has 0 spiro atoms. The highest BCUT2D eigenvalue weighted by Crippen LogP contribution is 2.16. The molecule has 1 unspecified atom stereocenters. The minimum Gasteiger partial charge on any atom is -0.468 e. The molecule has 1 aromatic rings. The fourth-order valence-corrected chi connectivity index (χ4v) is 1.57. The third kappa shape index (κ3) is 3.35. The molecule has 0 radical (unpaired) electrons. The molecule has 0 aliphatic heterocycles. The number of esters is 1. The van der Waals surface area contributed by atoms with Crippen molar-refractivity contribution in [3.8, 4) is 0 Å². The van der Waals surface area contributed by atoms with Crippen LogP contribution in [0.1, 0.15) is 30.9 Å². The number of rotatable bonds is 4. The van der Waals surface area contributed by atoms with E-state index in [1.807, 2.05) is 12.1 Å². The van der Waals surface area contributed by atoms with Gasteiger partial charge in [-0.05, 0) is 23.5 Å². The van der Waals surface area contributed by atoms with Crippen LogP contribution in [0.15, 0.2) is 24.3 Å². The van der Waals surface area contributed by atoms with Gasteiger partial charge in [-0.15, -0.1) is 0 Å². The summed E-state index contributed by atoms with van der Waals surface area (Å²) in [7, 11) is 1.35. The van der Waals surface area contributed by atoms with Crippen LogP contribution in [-0.2, 0) is 16.0 Å². The summed E-state index contributed by atoms with van der Waals surface area (Å²) in [5, 5.41) is 0. The van der Waals surface area contributed by atoms with Gasteiger partial charge in [0.05, 0.1) is 7.11 Å². The topological polar surface area (TPSA) is 52.3 Å². The quantitative estimate of drug-likeness (QED) is 0.789. The van der Waals surface area contributed by atoms with Crippen LogP contribution in [0.2, 0.25) is 0 Å². The Bertz CT molecular complexity index is 361. The summed E-state index contributed by atoms with van der Waals surface area (Å²) in [6.07, 6.45) is 0.521. The molecule has 0 bridgehead atoms. The van der Waals surface area contributed by atoms with Crippen molar-refractivity contribution in [1.29, 1.82) is 0 Å². The SMILES string of the molecule is COC(=O)C(N)Cc1cccc(C(C)C)c1. The lowest BCUT2D eigenvalue weighted by Gasteiger charge is -2.11. The van der Waals surface area contributed by atoms with E-state index in [1.54, 1.807) is 0 Å². The van der Waals surface area contributed by atoms with Crippen LogP contribution in [-0.4, -0.2) is 19.1 Å². The van der Waals surface area contributed by atoms with Crippen LogP contribution in [0.25, 0.3) is 0 Å². The second-order valence-electron chi connectivity index (χ2n) is 4.23. The first-order chi connectivity index (χ1) is 7.54. The summed E-state index contributed by atoms with van der Waals surface area (Å²) in [4.78, 5) is 11.2. The first-order valence-corrected chi connectivity index (χ1v) is 5.47. The van der Waals surface area contributed by atoms with E-state index in [-0.39, 0.29) is 5.97 Å². The zero-order chi connectivity index (χ0) is 12.1. The minimum absolute atomic E-state index is 0.366. The van der Waals surface area contributed by atoms with Crippen molar-refractivity contribution in [2.45, 2.75) is 32.2 Å². The lowest BCUT2D eigenvalue weighted by atomic mass is 9.98. The summed E-state index contributed by atoms with van der Waals surface area (Å²) >= 11 is 0. The first kappa shape index (κ1) is 12.7. The van der Waals surface area contributed by atoms with E-state index in [4.69, 9.17) is 5.73 Å². The van der Waals surface area contributed by atoms with Gasteiger partial charge in [0.15, 0.2) is 0 Å². The van der Waals surface area contributed by atoms with Crippen LogP contribution in [0.4, 0.5) is 0 Å². The molecule has 0 fully saturated rings. The maximum Gasteiger partial charge on any atom is 0.322 e. The van der Waals surface area contributed by atoms with Crippen LogP contribution in [0.5, 0.6) is 0 Å². The third-order valence-corrected chi connectivity index (χ3v) is 2.58. The van der Waals surface area contributed by atoms with Gasteiger partial charge >= 0.3 is 5.97 Å². The van der Waals surface area contributed by atoms with Gasteiger partial charge in [0.25, 0.3) is 0 Å². The molecule has 16 heavy (non-hydrogen) atoms. The van der Waals surface area contributed by atoms with Crippen LogP contribution in [0.3, 0.4) is 0 Å². The van der Waals surface area contributed by atoms with E-state index in [2.05, 4.69) is 30.7 Å². The van der Waals surface area contributed by atoms with Crippen molar-refractivity contribution in [2.75, 3.05) is 7.11 Å². The van der Waals surface area contributed by atoms with Gasteiger partial charge in [-0.2, -0.15) is 0 Å². The Morgan fingerprint density at radius 1 is 1.44 bits per heavy atom. The summed E-state index contributed by atoms with van der Waals surface area (Å²) < 4.78 is 4.60. The van der Waals surface area contributed by atoms with Crippen LogP contribution in [0, 0.1) is 0 Å². The molecule has 3 heteroatoms. The van der Waals surface area contributed by atoms with E-state index >= 15 is 0 Å². The Hall–Kier alpha value is -1.35. The molecule has 0 aliphatic rings. The fourth-order valence-electron chi connectivity index (χ4n) is 1.57. The Labute approximate surface area is 96.6 Å². The Morgan fingerprint density at radius 3 is 2.69 bits per heavy atom. The summed E-state index contributed by atoms with van der Waals surface area (Å²) in [6, 6.07) is 7.57. The molecule has 0 saturated carbocycles. The Morgan fingerprint density at radius 2 is 2.12 bits per heavy atom. The Kier molecular flexibility index (Phi) is 4.50. The number of nitrogens with two attached hydrogens (primary N) is 1. The molecule has 3 nitrogen and oxygen atoms in total. The smallest absolute Gasteiger partial charge is 0.322 e. The molecule has 88 valence electrons. The molecule has 1 rings (SSSR count). The van der Waals surface area contributed by atoms with Gasteiger partial charge in [-0.25, -0.2) is 0 Å². The first-order valence-electron chi connectivity index (χ1n) is 5.47. The standard InChI is InChI=1S/C13H19NO2/c1-9(2)11-6-4-5-10(7-11)8-12(14)13(15)16-3/h4-7,9,12H,8,14H2,1-3H3. The maximum absolute atomic E-state index is 11.2. The highest BCUT2D eigenvalue weighted by atomic mass is 16.5. The highest BCUT2D eigenvalue weighted by molar-refractivity contribution is 5.75. The van der Waals surface area contributed by atoms with E-state index in [0.29, 0.717) is 12.3 Å². The number of carbonyl (C=O) groups excluding carboxylic acids is 1. The van der Waals surface area contributed by atoms with E-state index in [9.17, 15) is 4.79 Å². The number of benzene rings is 1. The molecule has 0 saturated heterocycles. The van der Waals surface area contributed by atoms with Crippen LogP contribution >= 0.6 is 0 Å². The Balaban J connectivity index is 2.74. The van der Waals surface area contributed by atoms with Gasteiger partial charge in [-0.3, -0.25) is 4.79 Å². The molecule has 0 amide bonds. The summed E-state index contributed by atoms with van der Waals surface area (Å²) in [6.45, 7) is 4.28. The van der Waals surface area contributed by atoms with Gasteiger partial charge < -0.3 is 10.5 Å². The number of methoxy groups -OCH3 is 1. The normalized spacial score (nSPS) is 12.6. The average Bonchev–Trinajstić information content (AvgIpc) is 2.28. The molecule has 0 aliphatic carbocycles. The minimum atomic E-state index is -0.576. The molecule has 1 aromatic carbocycles. The molecule has 0 aromatic heterocycles. The number of hydrogen-bond donors (Lipinski definition) is 1. The summed E-state index contributed by atoms with van der Waals surface area (Å²) in [5.74, 6) is 0.115. The molecular formula is C13H19NO2. The number of carbonyl (C=O) groups is 1. The molecule has 2 N–H and O–H groups in total. The predicted molar refractivity (Wildman–Crippen MR) is 64.2 cm³/mol. The molecular weight excluding hydrogens is 202 g/mol. The van der Waals surface area contributed by atoms with E-state index < -0.39 is 6.04 Å². The largest absolute Gasteiger partial charge is 0.468 e. The molecule has 0 heterocycles. The monoisotopic (exact) mass is 221 g/mol. The maximum atomic E-state index is 11.2. The number of hydrogen-bond acceptors (Lipinski definition) is 3. The van der Waals surface area contributed by atoms with Gasteiger partial charge in [0.2, 0.25) is 0 Å². The third-order valence-electron chi connectivity index (χ3n) is 2.58. The van der Waals surface area contributed by atoms with Crippen molar-refractivity contribution in [3.05, 3.63) is 35.4 Å². The zero-order valence-corrected chi connectivity index (χ0v) is 10.1. The second-order valence-corrected chi connectivity index (χ2v) is 4.23. The van der Waals surface area contributed by atoms with Crippen molar-refractivity contribution in [2.24, 2.45) is 5.73 Å². The van der Waals surface area contributed by atoms with Crippen molar-refractivity contribution >= 4 is 5.97 Å². The lowest BCUT2D eigenvalue weighted by molar-refractivity contribution is -0.142. The van der Waals surface area contributed by atoms with Gasteiger partial charge in [0, 0.05) is 0 Å². The molecule has 1 atom stereocenters.